The average molecular weight is 337 g/mol. The quantitative estimate of drug-likeness (QED) is 0.903. The second-order valence-corrected chi connectivity index (χ2v) is 7.44. The summed E-state index contributed by atoms with van der Waals surface area (Å²) < 4.78 is 40.0. The number of rotatable bonds is 5. The summed E-state index contributed by atoms with van der Waals surface area (Å²) in [5.74, 6) is 1.42. The molecule has 1 aliphatic heterocycles. The fourth-order valence-electron chi connectivity index (χ4n) is 2.30. The molecule has 2 aromatic rings. The molecular weight excluding hydrogens is 318 g/mol. The Morgan fingerprint density at radius 2 is 2.00 bits per heavy atom. The third-order valence-electron chi connectivity index (χ3n) is 3.26. The van der Waals surface area contributed by atoms with Gasteiger partial charge >= 0.3 is 0 Å². The number of aromatic nitrogens is 2. The van der Waals surface area contributed by atoms with Crippen molar-refractivity contribution in [3.63, 3.8) is 0 Å². The average Bonchev–Trinajstić information content (AvgIpc) is 2.92. The number of sulfonamides is 1. The SMILES string of the molecule is CC(C)Cn1cc(NS(=O)(=O)c2ccc3c(c2)OCCO3)cn1. The van der Waals surface area contributed by atoms with Gasteiger partial charge in [0.25, 0.3) is 10.0 Å². The smallest absolute Gasteiger partial charge is 0.262 e. The number of nitrogens with one attached hydrogen (secondary N) is 1. The highest BCUT2D eigenvalue weighted by Crippen LogP contribution is 2.32. The standard InChI is InChI=1S/C15H19N3O4S/c1-11(2)9-18-10-12(8-16-18)17-23(19,20)13-3-4-14-15(7-13)22-6-5-21-14/h3-4,7-8,10-11,17H,5-6,9H2,1-2H3. The number of fused-ring (bicyclic) bond motifs is 1. The van der Waals surface area contributed by atoms with Crippen molar-refractivity contribution in [2.24, 2.45) is 5.92 Å². The molecule has 0 aliphatic carbocycles. The zero-order chi connectivity index (χ0) is 16.4. The van der Waals surface area contributed by atoms with Crippen molar-refractivity contribution in [3.05, 3.63) is 30.6 Å². The van der Waals surface area contributed by atoms with E-state index in [4.69, 9.17) is 9.47 Å². The van der Waals surface area contributed by atoms with Crippen molar-refractivity contribution >= 4 is 15.7 Å². The molecule has 23 heavy (non-hydrogen) atoms. The molecule has 3 rings (SSSR count). The molecule has 0 bridgehead atoms. The summed E-state index contributed by atoms with van der Waals surface area (Å²) in [7, 11) is -3.70. The molecule has 0 saturated heterocycles. The van der Waals surface area contributed by atoms with Crippen molar-refractivity contribution in [2.75, 3.05) is 17.9 Å². The highest BCUT2D eigenvalue weighted by atomic mass is 32.2. The van der Waals surface area contributed by atoms with E-state index in [0.717, 1.165) is 6.54 Å². The molecule has 0 spiro atoms. The Kier molecular flexibility index (Phi) is 4.16. The Balaban J connectivity index is 1.80. The molecule has 8 heteroatoms. The van der Waals surface area contributed by atoms with Crippen LogP contribution in [0.4, 0.5) is 5.69 Å². The maximum atomic E-state index is 12.5. The first kappa shape index (κ1) is 15.7. The zero-order valence-corrected chi connectivity index (χ0v) is 13.8. The third-order valence-corrected chi connectivity index (χ3v) is 4.64. The Morgan fingerprint density at radius 1 is 1.26 bits per heavy atom. The van der Waals surface area contributed by atoms with Crippen LogP contribution in [0.2, 0.25) is 0 Å². The molecule has 0 saturated carbocycles. The Bertz CT molecular complexity index is 799. The minimum absolute atomic E-state index is 0.123. The molecule has 0 unspecified atom stereocenters. The monoisotopic (exact) mass is 337 g/mol. The first-order valence-electron chi connectivity index (χ1n) is 7.39. The van der Waals surface area contributed by atoms with Gasteiger partial charge in [-0.3, -0.25) is 9.40 Å². The molecule has 1 aliphatic rings. The van der Waals surface area contributed by atoms with Crippen molar-refractivity contribution in [2.45, 2.75) is 25.3 Å². The summed E-state index contributed by atoms with van der Waals surface area (Å²) in [5, 5.41) is 4.15. The first-order chi connectivity index (χ1) is 10.9. The Labute approximate surface area is 135 Å². The number of benzene rings is 1. The van der Waals surface area contributed by atoms with Crippen LogP contribution in [0, 0.1) is 5.92 Å². The lowest BCUT2D eigenvalue weighted by Gasteiger charge is -2.18. The van der Waals surface area contributed by atoms with E-state index in [-0.39, 0.29) is 4.90 Å². The van der Waals surface area contributed by atoms with Crippen LogP contribution in [0.5, 0.6) is 11.5 Å². The van der Waals surface area contributed by atoms with Gasteiger partial charge in [0.05, 0.1) is 16.8 Å². The maximum absolute atomic E-state index is 12.5. The highest BCUT2D eigenvalue weighted by Gasteiger charge is 2.20. The van der Waals surface area contributed by atoms with Gasteiger partial charge in [-0.1, -0.05) is 13.8 Å². The van der Waals surface area contributed by atoms with Crippen molar-refractivity contribution in [1.29, 1.82) is 0 Å². The van der Waals surface area contributed by atoms with Gasteiger partial charge in [0.2, 0.25) is 0 Å². The van der Waals surface area contributed by atoms with E-state index in [2.05, 4.69) is 23.7 Å². The highest BCUT2D eigenvalue weighted by molar-refractivity contribution is 7.92. The van der Waals surface area contributed by atoms with Crippen molar-refractivity contribution in [3.8, 4) is 11.5 Å². The molecule has 1 aromatic heterocycles. The summed E-state index contributed by atoms with van der Waals surface area (Å²) in [6.45, 7) is 5.74. The van der Waals surface area contributed by atoms with Gasteiger partial charge in [0.1, 0.15) is 13.2 Å². The fourth-order valence-corrected chi connectivity index (χ4v) is 3.34. The maximum Gasteiger partial charge on any atom is 0.262 e. The minimum atomic E-state index is -3.70. The normalized spacial score (nSPS) is 14.0. The summed E-state index contributed by atoms with van der Waals surface area (Å²) in [5.41, 5.74) is 0.431. The summed E-state index contributed by atoms with van der Waals surface area (Å²) in [6, 6.07) is 4.56. The largest absolute Gasteiger partial charge is 0.486 e. The zero-order valence-electron chi connectivity index (χ0n) is 13.0. The fraction of sp³-hybridized carbons (Fsp3) is 0.400. The van der Waals surface area contributed by atoms with Crippen LogP contribution >= 0.6 is 0 Å². The van der Waals surface area contributed by atoms with Crippen molar-refractivity contribution < 1.29 is 17.9 Å². The number of nitrogens with zero attached hydrogens (tertiary/aromatic N) is 2. The number of ether oxygens (including phenoxy) is 2. The second-order valence-electron chi connectivity index (χ2n) is 5.76. The molecule has 0 radical (unpaired) electrons. The second kappa shape index (κ2) is 6.11. The van der Waals surface area contributed by atoms with Crippen molar-refractivity contribution in [1.82, 2.24) is 9.78 Å². The Morgan fingerprint density at radius 3 is 2.74 bits per heavy atom. The molecule has 124 valence electrons. The number of anilines is 1. The summed E-state index contributed by atoms with van der Waals surface area (Å²) >= 11 is 0. The van der Waals surface area contributed by atoms with Crippen LogP contribution in [0.25, 0.3) is 0 Å². The lowest BCUT2D eigenvalue weighted by atomic mass is 10.2. The van der Waals surface area contributed by atoms with Crippen LogP contribution in [0.3, 0.4) is 0 Å². The lowest BCUT2D eigenvalue weighted by Crippen LogP contribution is -2.17. The van der Waals surface area contributed by atoms with E-state index in [0.29, 0.717) is 36.3 Å². The summed E-state index contributed by atoms with van der Waals surface area (Å²) in [4.78, 5) is 0.123. The molecule has 0 atom stereocenters. The van der Waals surface area contributed by atoms with Gasteiger partial charge in [-0.2, -0.15) is 5.10 Å². The van der Waals surface area contributed by atoms with Gasteiger partial charge in [-0.15, -0.1) is 0 Å². The predicted molar refractivity (Wildman–Crippen MR) is 85.3 cm³/mol. The molecular formula is C15H19N3O4S. The lowest BCUT2D eigenvalue weighted by molar-refractivity contribution is 0.171. The first-order valence-corrected chi connectivity index (χ1v) is 8.87. The van der Waals surface area contributed by atoms with E-state index in [1.165, 1.54) is 18.3 Å². The third kappa shape index (κ3) is 3.58. The molecule has 2 heterocycles. The summed E-state index contributed by atoms with van der Waals surface area (Å²) in [6.07, 6.45) is 3.17. The topological polar surface area (TPSA) is 82.5 Å². The molecule has 0 fully saturated rings. The minimum Gasteiger partial charge on any atom is -0.486 e. The molecule has 1 aromatic carbocycles. The van der Waals surface area contributed by atoms with Crippen LogP contribution in [0.15, 0.2) is 35.5 Å². The molecule has 1 N–H and O–H groups in total. The van der Waals surface area contributed by atoms with Gasteiger partial charge in [0.15, 0.2) is 11.5 Å². The number of hydrogen-bond donors (Lipinski definition) is 1. The Hall–Kier alpha value is -2.22. The van der Waals surface area contributed by atoms with Gasteiger partial charge in [-0.25, -0.2) is 8.42 Å². The van der Waals surface area contributed by atoms with E-state index < -0.39 is 10.0 Å². The van der Waals surface area contributed by atoms with Crippen LogP contribution < -0.4 is 14.2 Å². The van der Waals surface area contributed by atoms with Crippen LogP contribution in [0.1, 0.15) is 13.8 Å². The van der Waals surface area contributed by atoms with Crippen LogP contribution in [-0.2, 0) is 16.6 Å². The van der Waals surface area contributed by atoms with E-state index in [1.54, 1.807) is 16.9 Å². The molecule has 7 nitrogen and oxygen atoms in total. The van der Waals surface area contributed by atoms with E-state index >= 15 is 0 Å². The van der Waals surface area contributed by atoms with Gasteiger partial charge < -0.3 is 9.47 Å². The van der Waals surface area contributed by atoms with E-state index in [9.17, 15) is 8.42 Å². The van der Waals surface area contributed by atoms with Gasteiger partial charge in [-0.05, 0) is 18.1 Å². The predicted octanol–water partition coefficient (Wildman–Crippen LogP) is 2.11. The van der Waals surface area contributed by atoms with Gasteiger partial charge in [0, 0.05) is 18.8 Å². The van der Waals surface area contributed by atoms with E-state index in [1.807, 2.05) is 0 Å². The molecule has 0 amide bonds. The number of hydrogen-bond acceptors (Lipinski definition) is 5. The van der Waals surface area contributed by atoms with Crippen LogP contribution in [-0.4, -0.2) is 31.4 Å².